The van der Waals surface area contributed by atoms with Crippen molar-refractivity contribution in [2.24, 2.45) is 0 Å². The summed E-state index contributed by atoms with van der Waals surface area (Å²) in [6, 6.07) is 5.29. The van der Waals surface area contributed by atoms with E-state index in [0.29, 0.717) is 15.4 Å². The largest absolute Gasteiger partial charge is 0.305 e. The van der Waals surface area contributed by atoms with Gasteiger partial charge in [-0.2, -0.15) is 0 Å². The maximum Gasteiger partial charge on any atom is 0.278 e. The van der Waals surface area contributed by atoms with E-state index in [2.05, 4.69) is 36.2 Å². The van der Waals surface area contributed by atoms with Crippen LogP contribution in [-0.2, 0) is 0 Å². The van der Waals surface area contributed by atoms with Gasteiger partial charge in [0.25, 0.3) is 5.91 Å². The van der Waals surface area contributed by atoms with Crippen molar-refractivity contribution in [2.75, 3.05) is 11.6 Å². The topological polar surface area (TPSA) is 67.8 Å². The molecule has 0 aliphatic carbocycles. The minimum atomic E-state index is -0.327. The molecule has 0 saturated heterocycles. The van der Waals surface area contributed by atoms with Gasteiger partial charge in [0.2, 0.25) is 0 Å². The first-order valence-corrected chi connectivity index (χ1v) is 7.01. The van der Waals surface area contributed by atoms with Crippen molar-refractivity contribution in [2.45, 2.75) is 5.03 Å². The Kier molecular flexibility index (Phi) is 4.27. The Bertz CT molecular complexity index is 564. The highest BCUT2D eigenvalue weighted by Gasteiger charge is 2.15. The molecule has 1 amide bonds. The summed E-state index contributed by atoms with van der Waals surface area (Å²) < 4.78 is 0.520. The Labute approximate surface area is 117 Å². The lowest BCUT2D eigenvalue weighted by Crippen LogP contribution is -2.16. The van der Waals surface area contributed by atoms with Gasteiger partial charge in [0, 0.05) is 6.20 Å². The van der Waals surface area contributed by atoms with Crippen LogP contribution in [-0.4, -0.2) is 27.1 Å². The molecule has 18 heavy (non-hydrogen) atoms. The third kappa shape index (κ3) is 3.05. The Morgan fingerprint density at radius 2 is 2.22 bits per heavy atom. The normalized spacial score (nSPS) is 10.1. The fourth-order valence-electron chi connectivity index (χ4n) is 1.27. The lowest BCUT2D eigenvalue weighted by molar-refractivity contribution is 0.101. The van der Waals surface area contributed by atoms with Crippen LogP contribution in [0.15, 0.2) is 40.2 Å². The van der Waals surface area contributed by atoms with E-state index < -0.39 is 0 Å². The van der Waals surface area contributed by atoms with E-state index in [1.54, 1.807) is 30.6 Å². The molecule has 2 rings (SSSR count). The summed E-state index contributed by atoms with van der Waals surface area (Å²) in [5.74, 6) is 0.156. The van der Waals surface area contributed by atoms with Crippen LogP contribution < -0.4 is 5.32 Å². The fourth-order valence-corrected chi connectivity index (χ4v) is 2.04. The third-order valence-corrected chi connectivity index (χ3v) is 3.09. The molecule has 0 spiro atoms. The SMILES string of the molecule is CSc1ncc(Br)nc1C(=O)Nc1ccccn1. The van der Waals surface area contributed by atoms with E-state index in [1.165, 1.54) is 11.8 Å². The van der Waals surface area contributed by atoms with Crippen LogP contribution in [0.3, 0.4) is 0 Å². The van der Waals surface area contributed by atoms with Gasteiger partial charge in [-0.05, 0) is 34.3 Å². The second-order valence-electron chi connectivity index (χ2n) is 3.22. The molecule has 0 atom stereocenters. The Balaban J connectivity index is 2.26. The number of hydrogen-bond acceptors (Lipinski definition) is 5. The lowest BCUT2D eigenvalue weighted by Gasteiger charge is -2.06. The highest BCUT2D eigenvalue weighted by molar-refractivity contribution is 9.10. The van der Waals surface area contributed by atoms with Gasteiger partial charge in [-0.15, -0.1) is 11.8 Å². The van der Waals surface area contributed by atoms with Crippen molar-refractivity contribution in [3.63, 3.8) is 0 Å². The fraction of sp³-hybridized carbons (Fsp3) is 0.0909. The number of carbonyl (C=O) groups is 1. The predicted octanol–water partition coefficient (Wildman–Crippen LogP) is 2.61. The van der Waals surface area contributed by atoms with Gasteiger partial charge >= 0.3 is 0 Å². The van der Waals surface area contributed by atoms with Crippen molar-refractivity contribution in [3.05, 3.63) is 40.9 Å². The molecule has 92 valence electrons. The number of thioether (sulfide) groups is 1. The van der Waals surface area contributed by atoms with Crippen LogP contribution >= 0.6 is 27.7 Å². The van der Waals surface area contributed by atoms with Crippen LogP contribution in [0.1, 0.15) is 10.5 Å². The number of nitrogens with one attached hydrogen (secondary N) is 1. The number of aromatic nitrogens is 3. The molecule has 5 nitrogen and oxygen atoms in total. The van der Waals surface area contributed by atoms with Gasteiger partial charge in [-0.25, -0.2) is 15.0 Å². The average Bonchev–Trinajstić information content (AvgIpc) is 2.40. The van der Waals surface area contributed by atoms with Gasteiger partial charge in [0.15, 0.2) is 5.69 Å². The number of anilines is 1. The number of rotatable bonds is 3. The van der Waals surface area contributed by atoms with E-state index in [0.717, 1.165) is 0 Å². The molecule has 0 radical (unpaired) electrons. The first-order valence-electron chi connectivity index (χ1n) is 4.99. The van der Waals surface area contributed by atoms with Crippen molar-refractivity contribution in [3.8, 4) is 0 Å². The summed E-state index contributed by atoms with van der Waals surface area (Å²) in [4.78, 5) is 24.3. The molecule has 7 heteroatoms. The van der Waals surface area contributed by atoms with Crippen LogP contribution in [0, 0.1) is 0 Å². The maximum atomic E-state index is 12.1. The molecule has 0 unspecified atom stereocenters. The number of amides is 1. The molecule has 0 aliphatic heterocycles. The zero-order valence-corrected chi connectivity index (χ0v) is 11.8. The predicted molar refractivity (Wildman–Crippen MR) is 73.7 cm³/mol. The van der Waals surface area contributed by atoms with Crippen molar-refractivity contribution >= 4 is 39.4 Å². The molecule has 0 aliphatic rings. The van der Waals surface area contributed by atoms with Gasteiger partial charge in [0.05, 0.1) is 6.20 Å². The number of nitrogens with zero attached hydrogens (tertiary/aromatic N) is 3. The maximum absolute atomic E-state index is 12.1. The van der Waals surface area contributed by atoms with Crippen molar-refractivity contribution < 1.29 is 4.79 Å². The summed E-state index contributed by atoms with van der Waals surface area (Å²) in [7, 11) is 0. The summed E-state index contributed by atoms with van der Waals surface area (Å²) >= 11 is 4.57. The number of halogens is 1. The van der Waals surface area contributed by atoms with E-state index >= 15 is 0 Å². The minimum Gasteiger partial charge on any atom is -0.305 e. The number of carbonyl (C=O) groups excluding carboxylic acids is 1. The summed E-state index contributed by atoms with van der Waals surface area (Å²) in [5, 5.41) is 3.25. The summed E-state index contributed by atoms with van der Waals surface area (Å²) in [5.41, 5.74) is 0.280. The third-order valence-electron chi connectivity index (χ3n) is 2.02. The highest BCUT2D eigenvalue weighted by atomic mass is 79.9. The zero-order chi connectivity index (χ0) is 13.0. The van der Waals surface area contributed by atoms with Crippen molar-refractivity contribution in [1.82, 2.24) is 15.0 Å². The summed E-state index contributed by atoms with van der Waals surface area (Å²) in [6.07, 6.45) is 5.01. The molecule has 0 saturated carbocycles. The van der Waals surface area contributed by atoms with Crippen LogP contribution in [0.5, 0.6) is 0 Å². The minimum absolute atomic E-state index is 0.280. The first kappa shape index (κ1) is 13.0. The molecule has 2 aromatic rings. The quantitative estimate of drug-likeness (QED) is 0.879. The van der Waals surface area contributed by atoms with E-state index in [4.69, 9.17) is 0 Å². The molecular weight excluding hydrogens is 316 g/mol. The average molecular weight is 325 g/mol. The number of hydrogen-bond donors (Lipinski definition) is 1. The second kappa shape index (κ2) is 5.92. The molecule has 0 aromatic carbocycles. The van der Waals surface area contributed by atoms with Gasteiger partial charge in [-0.1, -0.05) is 6.07 Å². The van der Waals surface area contributed by atoms with Gasteiger partial charge in [0.1, 0.15) is 15.4 Å². The van der Waals surface area contributed by atoms with Crippen molar-refractivity contribution in [1.29, 1.82) is 0 Å². The van der Waals surface area contributed by atoms with E-state index in [9.17, 15) is 4.79 Å². The standard InChI is InChI=1S/C11H9BrN4OS/c1-18-11-9(15-7(12)6-14-11)10(17)16-8-4-2-3-5-13-8/h2-6H,1H3,(H,13,16,17). The van der Waals surface area contributed by atoms with E-state index in [-0.39, 0.29) is 11.6 Å². The Morgan fingerprint density at radius 3 is 2.89 bits per heavy atom. The molecule has 0 fully saturated rings. The first-order chi connectivity index (χ1) is 8.70. The molecule has 1 N–H and O–H groups in total. The van der Waals surface area contributed by atoms with Gasteiger partial charge < -0.3 is 5.32 Å². The molecular formula is C11H9BrN4OS. The monoisotopic (exact) mass is 324 g/mol. The lowest BCUT2D eigenvalue weighted by atomic mass is 10.4. The zero-order valence-electron chi connectivity index (χ0n) is 9.42. The smallest absolute Gasteiger partial charge is 0.278 e. The molecule has 2 heterocycles. The van der Waals surface area contributed by atoms with Crippen LogP contribution in [0.25, 0.3) is 0 Å². The molecule has 0 bridgehead atoms. The highest BCUT2D eigenvalue weighted by Crippen LogP contribution is 2.18. The number of pyridine rings is 1. The van der Waals surface area contributed by atoms with Crippen LogP contribution in [0.4, 0.5) is 5.82 Å². The molecule has 2 aromatic heterocycles. The summed E-state index contributed by atoms with van der Waals surface area (Å²) in [6.45, 7) is 0. The van der Waals surface area contributed by atoms with E-state index in [1.807, 2.05) is 6.26 Å². The Morgan fingerprint density at radius 1 is 1.39 bits per heavy atom. The van der Waals surface area contributed by atoms with Gasteiger partial charge in [-0.3, -0.25) is 4.79 Å². The second-order valence-corrected chi connectivity index (χ2v) is 4.83. The Hall–Kier alpha value is -1.47. The van der Waals surface area contributed by atoms with Crippen LogP contribution in [0.2, 0.25) is 0 Å².